The predicted octanol–water partition coefficient (Wildman–Crippen LogP) is 2.00. The van der Waals surface area contributed by atoms with Gasteiger partial charge in [-0.25, -0.2) is 0 Å². The average molecular weight is 238 g/mol. The summed E-state index contributed by atoms with van der Waals surface area (Å²) in [6, 6.07) is 1.93. The number of nitriles is 1. The molecular formula is C13H22N2O2. The van der Waals surface area contributed by atoms with Gasteiger partial charge in [0.15, 0.2) is 0 Å². The third-order valence-corrected chi connectivity index (χ3v) is 3.14. The largest absolute Gasteiger partial charge is 0.368 e. The van der Waals surface area contributed by atoms with Crippen molar-refractivity contribution in [3.63, 3.8) is 0 Å². The number of rotatable bonds is 5. The highest BCUT2D eigenvalue weighted by atomic mass is 16.5. The fourth-order valence-corrected chi connectivity index (χ4v) is 2.23. The zero-order chi connectivity index (χ0) is 12.7. The van der Waals surface area contributed by atoms with Gasteiger partial charge in [0.05, 0.1) is 18.6 Å². The number of carbonyl (C=O) groups is 1. The van der Waals surface area contributed by atoms with Crippen molar-refractivity contribution in [1.82, 2.24) is 5.32 Å². The molecular weight excluding hydrogens is 216 g/mol. The molecule has 17 heavy (non-hydrogen) atoms. The van der Waals surface area contributed by atoms with Gasteiger partial charge in [0, 0.05) is 6.04 Å². The summed E-state index contributed by atoms with van der Waals surface area (Å²) in [7, 11) is 0. The van der Waals surface area contributed by atoms with Crippen LogP contribution in [-0.2, 0) is 9.53 Å². The Hall–Kier alpha value is -1.08. The Morgan fingerprint density at radius 3 is 3.00 bits per heavy atom. The van der Waals surface area contributed by atoms with Crippen LogP contribution in [0.3, 0.4) is 0 Å². The van der Waals surface area contributed by atoms with Crippen molar-refractivity contribution < 1.29 is 9.53 Å². The Bertz CT molecular complexity index is 286. The molecule has 4 heteroatoms. The maximum Gasteiger partial charge on any atom is 0.246 e. The first-order valence-corrected chi connectivity index (χ1v) is 6.39. The highest BCUT2D eigenvalue weighted by molar-refractivity contribution is 5.77. The Morgan fingerprint density at radius 1 is 1.59 bits per heavy atom. The smallest absolute Gasteiger partial charge is 0.246 e. The van der Waals surface area contributed by atoms with Crippen LogP contribution in [0.4, 0.5) is 0 Å². The maximum absolute atomic E-state index is 11.5. The molecule has 1 N–H and O–H groups in total. The van der Waals surface area contributed by atoms with E-state index in [1.54, 1.807) is 0 Å². The zero-order valence-corrected chi connectivity index (χ0v) is 10.7. The van der Waals surface area contributed by atoms with E-state index in [-0.39, 0.29) is 24.7 Å². The monoisotopic (exact) mass is 238 g/mol. The van der Waals surface area contributed by atoms with E-state index in [1.165, 1.54) is 12.8 Å². The quantitative estimate of drug-likeness (QED) is 0.796. The second-order valence-corrected chi connectivity index (χ2v) is 5.04. The predicted molar refractivity (Wildman–Crippen MR) is 65.2 cm³/mol. The summed E-state index contributed by atoms with van der Waals surface area (Å²) in [5.41, 5.74) is 0. The van der Waals surface area contributed by atoms with Crippen LogP contribution in [0.1, 0.15) is 46.0 Å². The van der Waals surface area contributed by atoms with Crippen LogP contribution in [0.15, 0.2) is 0 Å². The Morgan fingerprint density at radius 2 is 2.35 bits per heavy atom. The second kappa shape index (κ2) is 7.29. The van der Waals surface area contributed by atoms with E-state index in [1.807, 2.05) is 13.0 Å². The fourth-order valence-electron chi connectivity index (χ4n) is 2.23. The minimum atomic E-state index is -0.119. The van der Waals surface area contributed by atoms with Gasteiger partial charge in [-0.2, -0.15) is 5.26 Å². The molecule has 0 aromatic heterocycles. The average Bonchev–Trinajstić information content (AvgIpc) is 2.27. The fraction of sp³-hybridized carbons (Fsp3) is 0.846. The van der Waals surface area contributed by atoms with Gasteiger partial charge in [0.2, 0.25) is 5.91 Å². The summed E-state index contributed by atoms with van der Waals surface area (Å²) < 4.78 is 5.60. The lowest BCUT2D eigenvalue weighted by Gasteiger charge is -2.26. The van der Waals surface area contributed by atoms with Crippen LogP contribution < -0.4 is 5.32 Å². The normalized spacial score (nSPS) is 25.9. The minimum Gasteiger partial charge on any atom is -0.368 e. The summed E-state index contributed by atoms with van der Waals surface area (Å²) >= 11 is 0. The lowest BCUT2D eigenvalue weighted by atomic mass is 9.89. The second-order valence-electron chi connectivity index (χ2n) is 5.04. The highest BCUT2D eigenvalue weighted by Gasteiger charge is 2.20. The van der Waals surface area contributed by atoms with Gasteiger partial charge in [0.1, 0.15) is 6.61 Å². The third-order valence-electron chi connectivity index (χ3n) is 3.14. The van der Waals surface area contributed by atoms with Crippen molar-refractivity contribution >= 4 is 5.91 Å². The maximum atomic E-state index is 11.5. The molecule has 0 saturated heterocycles. The van der Waals surface area contributed by atoms with Gasteiger partial charge in [-0.3, -0.25) is 4.79 Å². The van der Waals surface area contributed by atoms with E-state index in [2.05, 4.69) is 12.2 Å². The molecule has 4 nitrogen and oxygen atoms in total. The van der Waals surface area contributed by atoms with Crippen molar-refractivity contribution in [2.75, 3.05) is 6.61 Å². The van der Waals surface area contributed by atoms with E-state index in [0.29, 0.717) is 12.3 Å². The molecule has 1 rings (SSSR count). The molecule has 1 saturated carbocycles. The first-order chi connectivity index (χ1) is 8.11. The van der Waals surface area contributed by atoms with Crippen LogP contribution in [0, 0.1) is 17.2 Å². The molecule has 3 atom stereocenters. The van der Waals surface area contributed by atoms with Crippen molar-refractivity contribution in [2.45, 2.75) is 58.1 Å². The molecule has 0 aromatic rings. The first-order valence-electron chi connectivity index (χ1n) is 6.39. The van der Waals surface area contributed by atoms with Gasteiger partial charge in [-0.05, 0) is 25.7 Å². The van der Waals surface area contributed by atoms with E-state index < -0.39 is 0 Å². The van der Waals surface area contributed by atoms with E-state index >= 15 is 0 Å². The topological polar surface area (TPSA) is 62.1 Å². The number of nitrogens with zero attached hydrogens (tertiary/aromatic N) is 1. The SMILES string of the molecule is C[C@@H]1CCC[C@H](OCC(=O)N[C@H](C)CC#N)C1. The molecule has 0 spiro atoms. The van der Waals surface area contributed by atoms with Crippen molar-refractivity contribution in [2.24, 2.45) is 5.92 Å². The first kappa shape index (κ1) is 14.0. The summed E-state index contributed by atoms with van der Waals surface area (Å²) in [5, 5.41) is 11.2. The zero-order valence-electron chi connectivity index (χ0n) is 10.7. The Kier molecular flexibility index (Phi) is 5.99. The number of nitrogens with one attached hydrogen (secondary N) is 1. The molecule has 1 amide bonds. The van der Waals surface area contributed by atoms with Crippen LogP contribution in [0.5, 0.6) is 0 Å². The third kappa shape index (κ3) is 5.69. The number of hydrogen-bond acceptors (Lipinski definition) is 3. The molecule has 0 bridgehead atoms. The number of carbonyl (C=O) groups excluding carboxylic acids is 1. The minimum absolute atomic E-state index is 0.0959. The van der Waals surface area contributed by atoms with Crippen LogP contribution >= 0.6 is 0 Å². The van der Waals surface area contributed by atoms with E-state index in [0.717, 1.165) is 12.8 Å². The van der Waals surface area contributed by atoms with Gasteiger partial charge >= 0.3 is 0 Å². The number of hydrogen-bond donors (Lipinski definition) is 1. The lowest BCUT2D eigenvalue weighted by Crippen LogP contribution is -2.36. The van der Waals surface area contributed by atoms with Crippen LogP contribution in [-0.4, -0.2) is 24.7 Å². The van der Waals surface area contributed by atoms with E-state index in [9.17, 15) is 4.79 Å². The molecule has 1 aliphatic rings. The van der Waals surface area contributed by atoms with Crippen molar-refractivity contribution in [3.05, 3.63) is 0 Å². The molecule has 0 heterocycles. The molecule has 1 aliphatic carbocycles. The summed E-state index contributed by atoms with van der Waals surface area (Å²) in [5.74, 6) is 0.584. The summed E-state index contributed by atoms with van der Waals surface area (Å²) in [6.07, 6.45) is 5.15. The Balaban J connectivity index is 2.17. The number of amides is 1. The highest BCUT2D eigenvalue weighted by Crippen LogP contribution is 2.25. The van der Waals surface area contributed by atoms with Gasteiger partial charge in [-0.1, -0.05) is 19.8 Å². The molecule has 96 valence electrons. The standard InChI is InChI=1S/C13H22N2O2/c1-10-4-3-5-12(8-10)17-9-13(16)15-11(2)6-7-14/h10-12H,3-6,8-9H2,1-2H3,(H,15,16)/t10-,11-,12+/m1/s1. The number of ether oxygens (including phenoxy) is 1. The van der Waals surface area contributed by atoms with Crippen LogP contribution in [0.2, 0.25) is 0 Å². The van der Waals surface area contributed by atoms with Gasteiger partial charge < -0.3 is 10.1 Å². The summed E-state index contributed by atoms with van der Waals surface area (Å²) in [6.45, 7) is 4.17. The molecule has 1 fully saturated rings. The van der Waals surface area contributed by atoms with Crippen LogP contribution in [0.25, 0.3) is 0 Å². The molecule has 0 aliphatic heterocycles. The van der Waals surface area contributed by atoms with Crippen molar-refractivity contribution in [3.8, 4) is 6.07 Å². The van der Waals surface area contributed by atoms with Gasteiger partial charge in [-0.15, -0.1) is 0 Å². The Labute approximate surface area is 103 Å². The van der Waals surface area contributed by atoms with Crippen molar-refractivity contribution in [1.29, 1.82) is 5.26 Å². The molecule has 0 aromatic carbocycles. The molecule has 0 unspecified atom stereocenters. The summed E-state index contributed by atoms with van der Waals surface area (Å²) in [4.78, 5) is 11.5. The van der Waals surface area contributed by atoms with E-state index in [4.69, 9.17) is 10.00 Å². The van der Waals surface area contributed by atoms with Gasteiger partial charge in [0.25, 0.3) is 0 Å². The molecule has 0 radical (unpaired) electrons. The lowest BCUT2D eigenvalue weighted by molar-refractivity contribution is -0.129.